The predicted molar refractivity (Wildman–Crippen MR) is 144 cm³/mol. The van der Waals surface area contributed by atoms with Crippen molar-refractivity contribution < 1.29 is 4.21 Å². The number of rotatable bonds is 2. The molecule has 2 heterocycles. The molecule has 1 unspecified atom stereocenters. The Morgan fingerprint density at radius 1 is 0.588 bits per heavy atom. The van der Waals surface area contributed by atoms with Gasteiger partial charge in [0.05, 0.1) is 31.6 Å². The molecule has 1 aromatic heterocycles. The van der Waals surface area contributed by atoms with Gasteiger partial charge in [-0.25, -0.2) is 4.21 Å². The molecule has 5 aromatic carbocycles. The van der Waals surface area contributed by atoms with Gasteiger partial charge in [0.2, 0.25) is 0 Å². The molecule has 0 spiro atoms. The van der Waals surface area contributed by atoms with Crippen LogP contribution in [-0.4, -0.2) is 8.78 Å². The molecule has 0 N–H and O–H groups in total. The van der Waals surface area contributed by atoms with Crippen LogP contribution in [0.5, 0.6) is 0 Å². The largest absolute Gasteiger partial charge is 0.309 e. The molecule has 0 saturated carbocycles. The second-order valence-corrected chi connectivity index (χ2v) is 10.9. The van der Waals surface area contributed by atoms with E-state index in [4.69, 9.17) is 0 Å². The molecule has 6 aromatic rings. The van der Waals surface area contributed by atoms with Crippen LogP contribution in [0.3, 0.4) is 0 Å². The van der Waals surface area contributed by atoms with E-state index in [0.717, 1.165) is 42.2 Å². The van der Waals surface area contributed by atoms with Crippen molar-refractivity contribution in [1.29, 1.82) is 0 Å². The highest BCUT2D eigenvalue weighted by atomic mass is 79.9. The maximum atomic E-state index is 12.9. The zero-order valence-corrected chi connectivity index (χ0v) is 20.4. The first kappa shape index (κ1) is 20.0. The van der Waals surface area contributed by atoms with E-state index in [2.05, 4.69) is 111 Å². The van der Waals surface area contributed by atoms with Gasteiger partial charge in [-0.2, -0.15) is 0 Å². The topological polar surface area (TPSA) is 22.0 Å². The van der Waals surface area contributed by atoms with Crippen molar-refractivity contribution in [3.8, 4) is 27.9 Å². The monoisotopic (exact) mass is 519 g/mol. The van der Waals surface area contributed by atoms with E-state index in [9.17, 15) is 4.21 Å². The van der Waals surface area contributed by atoms with Gasteiger partial charge < -0.3 is 4.57 Å². The van der Waals surface area contributed by atoms with Crippen molar-refractivity contribution in [2.75, 3.05) is 0 Å². The van der Waals surface area contributed by atoms with E-state index >= 15 is 0 Å². The Morgan fingerprint density at radius 3 is 1.82 bits per heavy atom. The van der Waals surface area contributed by atoms with Gasteiger partial charge in [-0.15, -0.1) is 0 Å². The lowest BCUT2D eigenvalue weighted by Gasteiger charge is -2.10. The molecule has 34 heavy (non-hydrogen) atoms. The van der Waals surface area contributed by atoms with Crippen LogP contribution in [0.4, 0.5) is 0 Å². The van der Waals surface area contributed by atoms with Gasteiger partial charge in [0.1, 0.15) is 0 Å². The van der Waals surface area contributed by atoms with Gasteiger partial charge >= 0.3 is 0 Å². The molecule has 0 amide bonds. The number of aromatic nitrogens is 1. The van der Waals surface area contributed by atoms with Gasteiger partial charge in [0.15, 0.2) is 0 Å². The summed E-state index contributed by atoms with van der Waals surface area (Å²) in [5.41, 5.74) is 7.92. The standard InChI is InChI=1S/C30H18BrNOS/c31-21-12-16-30-26(18-21)25-17-20(11-15-29(25)34(30)33)19-9-13-22(14-10-19)32-27-7-3-1-5-23(27)24-6-2-4-8-28(24)32/h1-18H. The first-order valence-corrected chi connectivity index (χ1v) is 13.1. The Kier molecular flexibility index (Phi) is 4.41. The molecule has 2 nitrogen and oxygen atoms in total. The number of hydrogen-bond acceptors (Lipinski definition) is 1. The minimum Gasteiger partial charge on any atom is -0.309 e. The SMILES string of the molecule is O=S1c2ccc(Br)cc2-c2cc(-c3ccc(-n4c5ccccc5c5ccccc54)cc3)ccc21. The van der Waals surface area contributed by atoms with E-state index in [1.54, 1.807) is 0 Å². The van der Waals surface area contributed by atoms with Crippen LogP contribution >= 0.6 is 15.9 Å². The number of fused-ring (bicyclic) bond motifs is 6. The van der Waals surface area contributed by atoms with Crippen molar-refractivity contribution in [3.05, 3.63) is 114 Å². The van der Waals surface area contributed by atoms with Crippen LogP contribution in [-0.2, 0) is 10.8 Å². The fourth-order valence-corrected chi connectivity index (χ4v) is 6.80. The Labute approximate surface area is 208 Å². The Hall–Kier alpha value is -3.47. The molecule has 1 aliphatic rings. The van der Waals surface area contributed by atoms with E-state index in [0.29, 0.717) is 0 Å². The lowest BCUT2D eigenvalue weighted by molar-refractivity contribution is 0.685. The fraction of sp³-hybridized carbons (Fsp3) is 0. The number of halogens is 1. The van der Waals surface area contributed by atoms with Crippen LogP contribution in [0.15, 0.2) is 123 Å². The zero-order valence-electron chi connectivity index (χ0n) is 18.0. The number of nitrogens with zero attached hydrogens (tertiary/aromatic N) is 1. The van der Waals surface area contributed by atoms with E-state index < -0.39 is 10.8 Å². The third kappa shape index (κ3) is 2.89. The average Bonchev–Trinajstić information content (AvgIpc) is 3.36. The van der Waals surface area contributed by atoms with Gasteiger partial charge in [0.25, 0.3) is 0 Å². The zero-order chi connectivity index (χ0) is 22.8. The van der Waals surface area contributed by atoms with E-state index in [1.165, 1.54) is 21.8 Å². The van der Waals surface area contributed by atoms with Crippen LogP contribution < -0.4 is 0 Å². The van der Waals surface area contributed by atoms with Crippen LogP contribution in [0, 0.1) is 0 Å². The van der Waals surface area contributed by atoms with Crippen molar-refractivity contribution in [2.45, 2.75) is 9.79 Å². The smallest absolute Gasteiger partial charge is 0.0862 e. The summed E-state index contributed by atoms with van der Waals surface area (Å²) in [4.78, 5) is 1.77. The maximum Gasteiger partial charge on any atom is 0.0862 e. The summed E-state index contributed by atoms with van der Waals surface area (Å²) in [5.74, 6) is 0. The lowest BCUT2D eigenvalue weighted by Crippen LogP contribution is -1.93. The molecule has 0 bridgehead atoms. The molecule has 0 saturated heterocycles. The summed E-state index contributed by atoms with van der Waals surface area (Å²) in [7, 11) is -1.12. The predicted octanol–water partition coefficient (Wildman–Crippen LogP) is 8.36. The Balaban J connectivity index is 1.34. The van der Waals surface area contributed by atoms with Gasteiger partial charge in [-0.1, -0.05) is 70.5 Å². The Bertz CT molecular complexity index is 1730. The summed E-state index contributed by atoms with van der Waals surface area (Å²) in [6, 6.07) is 38.1. The molecule has 162 valence electrons. The molecule has 0 radical (unpaired) electrons. The minimum absolute atomic E-state index is 0.886. The minimum atomic E-state index is -1.12. The van der Waals surface area contributed by atoms with Gasteiger partial charge in [-0.05, 0) is 65.7 Å². The fourth-order valence-electron chi connectivity index (χ4n) is 5.08. The normalized spacial score (nSPS) is 14.4. The summed E-state index contributed by atoms with van der Waals surface area (Å²) >= 11 is 3.56. The first-order valence-electron chi connectivity index (χ1n) is 11.1. The number of hydrogen-bond donors (Lipinski definition) is 0. The number of benzene rings is 5. The highest BCUT2D eigenvalue weighted by Gasteiger charge is 2.26. The number of para-hydroxylation sites is 2. The molecule has 0 fully saturated rings. The van der Waals surface area contributed by atoms with Crippen LogP contribution in [0.2, 0.25) is 0 Å². The van der Waals surface area contributed by atoms with Crippen LogP contribution in [0.1, 0.15) is 0 Å². The maximum absolute atomic E-state index is 12.9. The summed E-state index contributed by atoms with van der Waals surface area (Å²) in [6.07, 6.45) is 0. The molecule has 0 aliphatic carbocycles. The summed E-state index contributed by atoms with van der Waals surface area (Å²) in [5, 5.41) is 2.53. The van der Waals surface area contributed by atoms with E-state index in [-0.39, 0.29) is 0 Å². The highest BCUT2D eigenvalue weighted by molar-refractivity contribution is 9.10. The van der Waals surface area contributed by atoms with Crippen LogP contribution in [0.25, 0.3) is 49.7 Å². The first-order chi connectivity index (χ1) is 16.7. The lowest BCUT2D eigenvalue weighted by atomic mass is 9.99. The van der Waals surface area contributed by atoms with E-state index in [1.807, 2.05) is 18.2 Å². The van der Waals surface area contributed by atoms with Crippen molar-refractivity contribution in [3.63, 3.8) is 0 Å². The quantitative estimate of drug-likeness (QED) is 0.225. The Morgan fingerprint density at radius 2 is 1.15 bits per heavy atom. The molecule has 1 atom stereocenters. The van der Waals surface area contributed by atoms with Gasteiger partial charge in [0, 0.05) is 32.1 Å². The molecular formula is C30H18BrNOS. The highest BCUT2D eigenvalue weighted by Crippen LogP contribution is 2.43. The molecule has 7 rings (SSSR count). The molecule has 1 aliphatic heterocycles. The second kappa shape index (κ2) is 7.52. The van der Waals surface area contributed by atoms with Crippen molar-refractivity contribution in [2.24, 2.45) is 0 Å². The third-order valence-electron chi connectivity index (χ3n) is 6.65. The average molecular weight is 520 g/mol. The molecular weight excluding hydrogens is 502 g/mol. The summed E-state index contributed by atoms with van der Waals surface area (Å²) in [6.45, 7) is 0. The second-order valence-electron chi connectivity index (χ2n) is 8.54. The van der Waals surface area contributed by atoms with Gasteiger partial charge in [-0.3, -0.25) is 0 Å². The van der Waals surface area contributed by atoms with Crippen molar-refractivity contribution in [1.82, 2.24) is 4.57 Å². The van der Waals surface area contributed by atoms with Crippen molar-refractivity contribution >= 4 is 48.5 Å². The third-order valence-corrected chi connectivity index (χ3v) is 8.65. The molecule has 4 heteroatoms. The summed E-state index contributed by atoms with van der Waals surface area (Å²) < 4.78 is 16.3.